The average molecular weight is 876 g/mol. The molecule has 0 unspecified atom stereocenters. The zero-order chi connectivity index (χ0) is 43.6. The van der Waals surface area contributed by atoms with E-state index in [1.165, 1.54) is 6.20 Å². The molecule has 330 valence electrons. The van der Waals surface area contributed by atoms with Gasteiger partial charge in [-0.3, -0.25) is 34.2 Å². The number of carbonyl (C=O) groups excluding carboxylic acids is 4. The number of piperidine rings is 4. The molecule has 1 aromatic carbocycles. The van der Waals surface area contributed by atoms with Crippen LogP contribution in [0.25, 0.3) is 22.6 Å². The van der Waals surface area contributed by atoms with Crippen LogP contribution in [0.5, 0.6) is 11.5 Å². The Hall–Kier alpha value is -5.87. The number of aromatic nitrogens is 6. The smallest absolute Gasteiger partial charge is 0.251 e. The maximum absolute atomic E-state index is 13.6. The number of anilines is 1. The van der Waals surface area contributed by atoms with E-state index in [1.54, 1.807) is 35.1 Å². The second kappa shape index (κ2) is 18.5. The van der Waals surface area contributed by atoms with Gasteiger partial charge in [0, 0.05) is 76.6 Å². The summed E-state index contributed by atoms with van der Waals surface area (Å²) >= 11 is 6.53. The number of hydrogen-bond donors (Lipinski definition) is 3. The van der Waals surface area contributed by atoms with Crippen molar-refractivity contribution in [2.24, 2.45) is 24.8 Å². The molecule has 5 aromatic rings. The van der Waals surface area contributed by atoms with E-state index < -0.39 is 0 Å². The van der Waals surface area contributed by atoms with Crippen molar-refractivity contribution in [2.75, 3.05) is 57.3 Å². The number of rotatable bonds is 11. The van der Waals surface area contributed by atoms with Crippen molar-refractivity contribution in [3.8, 4) is 22.9 Å². The van der Waals surface area contributed by atoms with Crippen LogP contribution in [0.2, 0.25) is 5.02 Å². The van der Waals surface area contributed by atoms with Gasteiger partial charge < -0.3 is 29.7 Å². The van der Waals surface area contributed by atoms with Gasteiger partial charge in [0.2, 0.25) is 17.7 Å². The number of halogens is 1. The standard InChI is InChI=1S/C46H54ClN11O5/c1-28-37(27-55(2)54-28)42-52-40-41(38(47)25-49-43(40)53-42)63-35-5-3-31(4-6-35)44(60)50-22-29-9-19-58(20-10-29)46(62)32-13-15-56(16-14-32)26-30-11-17-57(18-12-30)34-21-33(23-48-24-34)36-7-8-39(59)51-45(36)61/h3-6,21,23-25,27,29-30,32,36H,7-20,22,26H2,1-2H3,(H,50,60)(H,49,52,53)(H,51,59,61)/t36-/m0/s1. The van der Waals surface area contributed by atoms with Crippen molar-refractivity contribution in [1.82, 2.24) is 50.1 Å². The quantitative estimate of drug-likeness (QED) is 0.140. The molecular weight excluding hydrogens is 822 g/mol. The van der Waals surface area contributed by atoms with Crippen molar-refractivity contribution >= 4 is 52.1 Å². The number of aromatic amines is 1. The summed E-state index contributed by atoms with van der Waals surface area (Å²) < 4.78 is 7.93. The molecule has 0 spiro atoms. The molecule has 17 heteroatoms. The predicted molar refractivity (Wildman–Crippen MR) is 237 cm³/mol. The number of imide groups is 1. The van der Waals surface area contributed by atoms with Gasteiger partial charge in [0.1, 0.15) is 22.1 Å². The van der Waals surface area contributed by atoms with Crippen LogP contribution in [0.3, 0.4) is 0 Å². The lowest BCUT2D eigenvalue weighted by molar-refractivity contribution is -0.138. The van der Waals surface area contributed by atoms with Gasteiger partial charge in [0.25, 0.3) is 5.91 Å². The Bertz CT molecular complexity index is 2480. The Morgan fingerprint density at radius 3 is 2.38 bits per heavy atom. The third-order valence-corrected chi connectivity index (χ3v) is 13.6. The maximum atomic E-state index is 13.6. The molecule has 1 atom stereocenters. The van der Waals surface area contributed by atoms with E-state index in [9.17, 15) is 19.2 Å². The van der Waals surface area contributed by atoms with Crippen molar-refractivity contribution < 1.29 is 23.9 Å². The Morgan fingerprint density at radius 2 is 1.67 bits per heavy atom. The molecule has 9 rings (SSSR count). The van der Waals surface area contributed by atoms with Gasteiger partial charge in [-0.05, 0) is 113 Å². The number of benzene rings is 1. The minimum Gasteiger partial charge on any atom is -0.453 e. The fraction of sp³-hybridized carbons (Fsp3) is 0.478. The highest BCUT2D eigenvalue weighted by atomic mass is 35.5. The number of nitrogens with one attached hydrogen (secondary N) is 3. The van der Waals surface area contributed by atoms with E-state index in [4.69, 9.17) is 16.3 Å². The fourth-order valence-electron chi connectivity index (χ4n) is 9.64. The molecule has 4 fully saturated rings. The largest absolute Gasteiger partial charge is 0.453 e. The normalized spacial score (nSPS) is 19.7. The van der Waals surface area contributed by atoms with Crippen LogP contribution in [0.15, 0.2) is 55.1 Å². The SMILES string of the molecule is Cc1nn(C)cc1-c1nc2ncc(Cl)c(Oc3ccc(C(=O)NCC4CCN(C(=O)C5CCN(CC6CCN(c7cncc([C@@H]8CCC(=O)NC8=O)c7)CC6)CC5)CC4)cc3)c2[nH]1. The number of aryl methyl sites for hydroxylation is 2. The van der Waals surface area contributed by atoms with Gasteiger partial charge in [-0.2, -0.15) is 5.10 Å². The third kappa shape index (κ3) is 9.56. The van der Waals surface area contributed by atoms with Gasteiger partial charge in [-0.25, -0.2) is 9.97 Å². The van der Waals surface area contributed by atoms with Crippen molar-refractivity contribution in [2.45, 2.75) is 64.2 Å². The van der Waals surface area contributed by atoms with Crippen LogP contribution in [0, 0.1) is 24.7 Å². The van der Waals surface area contributed by atoms with Gasteiger partial charge in [0.05, 0.1) is 35.3 Å². The fourth-order valence-corrected chi connectivity index (χ4v) is 9.82. The first-order valence-corrected chi connectivity index (χ1v) is 22.6. The van der Waals surface area contributed by atoms with E-state index in [-0.39, 0.29) is 35.5 Å². The molecule has 4 aromatic heterocycles. The molecule has 0 saturated carbocycles. The van der Waals surface area contributed by atoms with Crippen LogP contribution in [-0.2, 0) is 21.4 Å². The lowest BCUT2D eigenvalue weighted by Crippen LogP contribution is -2.47. The highest BCUT2D eigenvalue weighted by Crippen LogP contribution is 2.37. The summed E-state index contributed by atoms with van der Waals surface area (Å²) in [7, 11) is 1.86. The van der Waals surface area contributed by atoms with Crippen LogP contribution in [0.4, 0.5) is 5.69 Å². The molecule has 4 aliphatic rings. The van der Waals surface area contributed by atoms with Crippen molar-refractivity contribution in [1.29, 1.82) is 0 Å². The molecule has 8 heterocycles. The summed E-state index contributed by atoms with van der Waals surface area (Å²) in [6, 6.07) is 9.01. The Labute approximate surface area is 371 Å². The Kier molecular flexibility index (Phi) is 12.4. The summed E-state index contributed by atoms with van der Waals surface area (Å²) in [5.41, 5.74) is 5.15. The third-order valence-electron chi connectivity index (χ3n) is 13.3. The van der Waals surface area contributed by atoms with Gasteiger partial charge in [-0.15, -0.1) is 0 Å². The first-order valence-electron chi connectivity index (χ1n) is 22.2. The van der Waals surface area contributed by atoms with Crippen LogP contribution in [-0.4, -0.2) is 116 Å². The minimum atomic E-state index is -0.330. The average Bonchev–Trinajstić information content (AvgIpc) is 3.89. The van der Waals surface area contributed by atoms with E-state index in [0.717, 1.165) is 107 Å². The van der Waals surface area contributed by atoms with Crippen molar-refractivity contribution in [3.05, 3.63) is 77.0 Å². The zero-order valence-corrected chi connectivity index (χ0v) is 36.6. The van der Waals surface area contributed by atoms with Crippen LogP contribution < -0.4 is 20.3 Å². The molecule has 63 heavy (non-hydrogen) atoms. The van der Waals surface area contributed by atoms with E-state index in [0.29, 0.717) is 70.3 Å². The highest BCUT2D eigenvalue weighted by molar-refractivity contribution is 6.32. The number of hydrogen-bond acceptors (Lipinski definition) is 11. The van der Waals surface area contributed by atoms with E-state index >= 15 is 0 Å². The highest BCUT2D eigenvalue weighted by Gasteiger charge is 2.33. The van der Waals surface area contributed by atoms with Crippen molar-refractivity contribution in [3.63, 3.8) is 0 Å². The van der Waals surface area contributed by atoms with Gasteiger partial charge in [-0.1, -0.05) is 11.6 Å². The molecule has 4 amide bonds. The number of H-pyrrole nitrogens is 1. The number of imidazole rings is 1. The summed E-state index contributed by atoms with van der Waals surface area (Å²) in [6.45, 7) is 8.76. The summed E-state index contributed by atoms with van der Waals surface area (Å²) in [6.07, 6.45) is 13.6. The number of ether oxygens (including phenoxy) is 1. The van der Waals surface area contributed by atoms with E-state index in [2.05, 4.69) is 51.5 Å². The van der Waals surface area contributed by atoms with Gasteiger partial charge in [0.15, 0.2) is 11.4 Å². The summed E-state index contributed by atoms with van der Waals surface area (Å²) in [5.74, 6) is 1.88. The maximum Gasteiger partial charge on any atom is 0.251 e. The topological polar surface area (TPSA) is 184 Å². The van der Waals surface area contributed by atoms with E-state index in [1.807, 2.05) is 31.3 Å². The summed E-state index contributed by atoms with van der Waals surface area (Å²) in [5, 5.41) is 10.3. The van der Waals surface area contributed by atoms with Gasteiger partial charge >= 0.3 is 0 Å². The molecule has 0 radical (unpaired) electrons. The number of pyridine rings is 2. The first kappa shape index (κ1) is 42.4. The summed E-state index contributed by atoms with van der Waals surface area (Å²) in [4.78, 5) is 74.4. The lowest BCUT2D eigenvalue weighted by Gasteiger charge is -2.39. The van der Waals surface area contributed by atoms with Crippen LogP contribution >= 0.6 is 11.6 Å². The second-order valence-electron chi connectivity index (χ2n) is 17.6. The Balaban J connectivity index is 0.681. The Morgan fingerprint density at radius 1 is 0.921 bits per heavy atom. The number of fused-ring (bicyclic) bond motifs is 1. The number of carbonyl (C=O) groups is 4. The number of nitrogens with zero attached hydrogens (tertiary/aromatic N) is 8. The number of likely N-dealkylation sites (tertiary alicyclic amines) is 2. The molecule has 0 aliphatic carbocycles. The number of amides is 4. The molecule has 16 nitrogen and oxygen atoms in total. The zero-order valence-electron chi connectivity index (χ0n) is 35.8. The predicted octanol–water partition coefficient (Wildman–Crippen LogP) is 5.62. The lowest BCUT2D eigenvalue weighted by atomic mass is 9.90. The molecular formula is C46H54ClN11O5. The monoisotopic (exact) mass is 875 g/mol. The van der Waals surface area contributed by atoms with Crippen LogP contribution in [0.1, 0.15) is 78.9 Å². The molecule has 3 N–H and O–H groups in total. The molecule has 0 bridgehead atoms. The first-order chi connectivity index (χ1) is 30.5. The second-order valence-corrected chi connectivity index (χ2v) is 18.0. The minimum absolute atomic E-state index is 0.0733. The molecule has 4 saturated heterocycles. The molecule has 4 aliphatic heterocycles.